The number of hydrogen-bond acceptors (Lipinski definition) is 6. The monoisotopic (exact) mass is 413 g/mol. The number of rotatable bonds is 6. The molecule has 0 unspecified atom stereocenters. The second-order valence-corrected chi connectivity index (χ2v) is 7.84. The van der Waals surface area contributed by atoms with E-state index < -0.39 is 16.0 Å². The normalized spacial score (nSPS) is 11.1. The number of aromatic amines is 1. The molecule has 29 heavy (non-hydrogen) atoms. The van der Waals surface area contributed by atoms with Crippen molar-refractivity contribution in [3.05, 3.63) is 76.1 Å². The van der Waals surface area contributed by atoms with E-state index in [9.17, 15) is 18.0 Å². The molecule has 0 fully saturated rings. The van der Waals surface area contributed by atoms with Crippen LogP contribution in [0.3, 0.4) is 0 Å². The van der Waals surface area contributed by atoms with Crippen molar-refractivity contribution < 1.29 is 17.9 Å². The van der Waals surface area contributed by atoms with Gasteiger partial charge in [0.2, 0.25) is 0 Å². The quantitative estimate of drug-likeness (QED) is 0.600. The van der Waals surface area contributed by atoms with Gasteiger partial charge in [-0.2, -0.15) is 5.10 Å². The average Bonchev–Trinajstić information content (AvgIpc) is 2.69. The molecule has 0 aliphatic heterocycles. The molecular formula is C20H19N3O5S. The molecule has 0 aliphatic carbocycles. The summed E-state index contributed by atoms with van der Waals surface area (Å²) in [5, 5.41) is 6.25. The molecule has 8 nitrogen and oxygen atoms in total. The first kappa shape index (κ1) is 20.3. The van der Waals surface area contributed by atoms with Gasteiger partial charge >= 0.3 is 5.97 Å². The van der Waals surface area contributed by atoms with Crippen LogP contribution in [0.4, 0.5) is 5.69 Å². The van der Waals surface area contributed by atoms with Gasteiger partial charge in [-0.05, 0) is 49.7 Å². The number of carbonyl (C=O) groups is 1. The number of nitrogens with one attached hydrogen (secondary N) is 2. The Morgan fingerprint density at radius 1 is 1.14 bits per heavy atom. The van der Waals surface area contributed by atoms with E-state index in [-0.39, 0.29) is 28.3 Å². The summed E-state index contributed by atoms with van der Waals surface area (Å²) in [7, 11) is -3.94. The Balaban J connectivity index is 1.94. The lowest BCUT2D eigenvalue weighted by molar-refractivity contribution is 0.0526. The van der Waals surface area contributed by atoms with Crippen molar-refractivity contribution in [1.29, 1.82) is 0 Å². The maximum absolute atomic E-state index is 13.0. The van der Waals surface area contributed by atoms with E-state index in [1.165, 1.54) is 24.3 Å². The average molecular weight is 413 g/mol. The van der Waals surface area contributed by atoms with E-state index in [1.54, 1.807) is 44.2 Å². The first-order chi connectivity index (χ1) is 13.8. The molecule has 150 valence electrons. The van der Waals surface area contributed by atoms with E-state index >= 15 is 0 Å². The number of aromatic nitrogens is 2. The number of nitrogens with zero attached hydrogens (tertiary/aromatic N) is 1. The van der Waals surface area contributed by atoms with Crippen LogP contribution >= 0.6 is 0 Å². The highest BCUT2D eigenvalue weighted by atomic mass is 32.2. The smallest absolute Gasteiger partial charge is 0.338 e. The van der Waals surface area contributed by atoms with Crippen LogP contribution in [0.25, 0.3) is 11.3 Å². The van der Waals surface area contributed by atoms with Crippen LogP contribution in [0, 0.1) is 6.92 Å². The lowest BCUT2D eigenvalue weighted by Crippen LogP contribution is -2.15. The minimum absolute atomic E-state index is 0.0598. The van der Waals surface area contributed by atoms with Crippen LogP contribution in [-0.2, 0) is 14.8 Å². The molecule has 9 heteroatoms. The van der Waals surface area contributed by atoms with Crippen molar-refractivity contribution in [1.82, 2.24) is 10.2 Å². The number of hydrogen-bond donors (Lipinski definition) is 2. The number of anilines is 1. The Labute approximate surface area is 167 Å². The van der Waals surface area contributed by atoms with Crippen molar-refractivity contribution in [2.75, 3.05) is 11.3 Å². The standard InChI is InChI=1S/C20H19N3O5S/c1-3-28-20(25)15-5-4-6-16(11-15)23-29(26,27)18-12-14(8-7-13(18)2)17-9-10-19(24)22-21-17/h4-12,23H,3H2,1-2H3,(H,22,24). The second kappa shape index (κ2) is 8.27. The fourth-order valence-corrected chi connectivity index (χ4v) is 4.01. The first-order valence-electron chi connectivity index (χ1n) is 8.77. The molecule has 1 aromatic heterocycles. The number of ether oxygens (including phenoxy) is 1. The Hall–Kier alpha value is -3.46. The molecule has 0 bridgehead atoms. The molecule has 2 N–H and O–H groups in total. The Morgan fingerprint density at radius 3 is 2.62 bits per heavy atom. The number of benzene rings is 2. The van der Waals surface area contributed by atoms with Gasteiger partial charge in [0.15, 0.2) is 0 Å². The fourth-order valence-electron chi connectivity index (χ4n) is 2.69. The van der Waals surface area contributed by atoms with E-state index in [0.29, 0.717) is 16.8 Å². The molecule has 0 atom stereocenters. The van der Waals surface area contributed by atoms with Crippen molar-refractivity contribution in [2.45, 2.75) is 18.7 Å². The molecule has 3 rings (SSSR count). The van der Waals surface area contributed by atoms with Gasteiger partial charge in [0.05, 0.1) is 22.8 Å². The van der Waals surface area contributed by atoms with Gasteiger partial charge in [0.25, 0.3) is 15.6 Å². The minimum Gasteiger partial charge on any atom is -0.462 e. The van der Waals surface area contributed by atoms with Gasteiger partial charge in [0.1, 0.15) is 0 Å². The third-order valence-electron chi connectivity index (χ3n) is 4.08. The van der Waals surface area contributed by atoms with Crippen LogP contribution < -0.4 is 10.3 Å². The Bertz CT molecular complexity index is 1200. The SMILES string of the molecule is CCOC(=O)c1cccc(NS(=O)(=O)c2cc(-c3ccc(=O)[nH]n3)ccc2C)c1. The Morgan fingerprint density at radius 2 is 1.93 bits per heavy atom. The zero-order valence-corrected chi connectivity index (χ0v) is 16.6. The number of sulfonamides is 1. The molecule has 0 aliphatic rings. The molecule has 1 heterocycles. The molecule has 0 saturated heterocycles. The molecule has 2 aromatic carbocycles. The van der Waals surface area contributed by atoms with Gasteiger partial charge in [-0.15, -0.1) is 0 Å². The predicted molar refractivity (Wildman–Crippen MR) is 108 cm³/mol. The summed E-state index contributed by atoms with van der Waals surface area (Å²) < 4.78 is 33.4. The molecular weight excluding hydrogens is 394 g/mol. The van der Waals surface area contributed by atoms with E-state index in [2.05, 4.69) is 14.9 Å². The summed E-state index contributed by atoms with van der Waals surface area (Å²) in [6.07, 6.45) is 0. The number of carbonyl (C=O) groups excluding carboxylic acids is 1. The summed E-state index contributed by atoms with van der Waals surface area (Å²) in [6, 6.07) is 13.8. The minimum atomic E-state index is -3.94. The second-order valence-electron chi connectivity index (χ2n) is 6.19. The van der Waals surface area contributed by atoms with Gasteiger partial charge in [-0.25, -0.2) is 18.3 Å². The topological polar surface area (TPSA) is 118 Å². The first-order valence-corrected chi connectivity index (χ1v) is 10.3. The molecule has 3 aromatic rings. The molecule has 0 amide bonds. The summed E-state index contributed by atoms with van der Waals surface area (Å²) in [6.45, 7) is 3.59. The predicted octanol–water partition coefficient (Wildman–Crippen LogP) is 2.72. The van der Waals surface area contributed by atoms with Crippen LogP contribution in [0.15, 0.2) is 64.3 Å². The third-order valence-corrected chi connectivity index (χ3v) is 5.60. The highest BCUT2D eigenvalue weighted by Gasteiger charge is 2.19. The number of aryl methyl sites for hydroxylation is 1. The zero-order valence-electron chi connectivity index (χ0n) is 15.8. The van der Waals surface area contributed by atoms with Crippen molar-refractivity contribution in [2.24, 2.45) is 0 Å². The van der Waals surface area contributed by atoms with Gasteiger partial charge in [-0.3, -0.25) is 9.52 Å². The fraction of sp³-hybridized carbons (Fsp3) is 0.150. The number of H-pyrrole nitrogens is 1. The highest BCUT2D eigenvalue weighted by molar-refractivity contribution is 7.92. The summed E-state index contributed by atoms with van der Waals surface area (Å²) in [5.41, 5.74) is 1.64. The zero-order chi connectivity index (χ0) is 21.0. The number of esters is 1. The van der Waals surface area contributed by atoms with Gasteiger partial charge in [-0.1, -0.05) is 18.2 Å². The summed E-state index contributed by atoms with van der Waals surface area (Å²) in [4.78, 5) is 23.1. The van der Waals surface area contributed by atoms with Crippen molar-refractivity contribution in [3.8, 4) is 11.3 Å². The van der Waals surface area contributed by atoms with E-state index in [1.807, 2.05) is 0 Å². The van der Waals surface area contributed by atoms with Crippen LogP contribution in [0.1, 0.15) is 22.8 Å². The van der Waals surface area contributed by atoms with Gasteiger partial charge < -0.3 is 4.74 Å². The molecule has 0 spiro atoms. The van der Waals surface area contributed by atoms with Crippen LogP contribution in [0.5, 0.6) is 0 Å². The van der Waals surface area contributed by atoms with Crippen molar-refractivity contribution in [3.63, 3.8) is 0 Å². The third kappa shape index (κ3) is 4.69. The van der Waals surface area contributed by atoms with Crippen LogP contribution in [0.2, 0.25) is 0 Å². The summed E-state index contributed by atoms with van der Waals surface area (Å²) >= 11 is 0. The van der Waals surface area contributed by atoms with E-state index in [4.69, 9.17) is 4.74 Å². The Kier molecular flexibility index (Phi) is 5.79. The lowest BCUT2D eigenvalue weighted by atomic mass is 10.1. The van der Waals surface area contributed by atoms with E-state index in [0.717, 1.165) is 0 Å². The summed E-state index contributed by atoms with van der Waals surface area (Å²) in [5.74, 6) is -0.532. The maximum Gasteiger partial charge on any atom is 0.338 e. The molecule has 0 saturated carbocycles. The highest BCUT2D eigenvalue weighted by Crippen LogP contribution is 2.25. The van der Waals surface area contributed by atoms with Gasteiger partial charge in [0, 0.05) is 17.3 Å². The van der Waals surface area contributed by atoms with Crippen LogP contribution in [-0.4, -0.2) is 31.2 Å². The van der Waals surface area contributed by atoms with Crippen molar-refractivity contribution >= 4 is 21.7 Å². The molecule has 0 radical (unpaired) electrons. The lowest BCUT2D eigenvalue weighted by Gasteiger charge is -2.12. The maximum atomic E-state index is 13.0. The largest absolute Gasteiger partial charge is 0.462 e.